The van der Waals surface area contributed by atoms with Crippen molar-refractivity contribution >= 4 is 13.6 Å². The van der Waals surface area contributed by atoms with E-state index in [-0.39, 0.29) is 18.2 Å². The molecule has 0 atom stereocenters. The average molecular weight is 365 g/mol. The van der Waals surface area contributed by atoms with Crippen molar-refractivity contribution in [1.82, 2.24) is 0 Å². The third-order valence-electron chi connectivity index (χ3n) is 2.02. The second kappa shape index (κ2) is 8.33. The van der Waals surface area contributed by atoms with E-state index in [0.717, 1.165) is 0 Å². The fraction of sp³-hybridized carbons (Fsp3) is 0.0769. The summed E-state index contributed by atoms with van der Waals surface area (Å²) < 4.78 is 30.9. The van der Waals surface area contributed by atoms with Crippen molar-refractivity contribution in [2.24, 2.45) is 0 Å². The molecule has 0 aliphatic rings. The third kappa shape index (κ3) is 5.24. The summed E-state index contributed by atoms with van der Waals surface area (Å²) >= 11 is 4.25. The molecule has 0 amide bonds. The van der Waals surface area contributed by atoms with Crippen molar-refractivity contribution in [2.75, 3.05) is 0 Å². The normalized spacial score (nSPS) is 9.39. The number of hydrogen-bond donors (Lipinski definition) is 0. The van der Waals surface area contributed by atoms with Crippen LogP contribution >= 0.6 is 13.6 Å². The van der Waals surface area contributed by atoms with Crippen LogP contribution in [0.2, 0.25) is 0 Å². The average Bonchev–Trinajstić information content (AvgIpc) is 2.39. The Balaban J connectivity index is 0.000000771. The van der Waals surface area contributed by atoms with Gasteiger partial charge in [-0.1, -0.05) is 18.2 Å². The van der Waals surface area contributed by atoms with E-state index in [2.05, 4.69) is 19.7 Å². The Bertz CT molecular complexity index is 448. The fourth-order valence-corrected chi connectivity index (χ4v) is 1.29. The van der Waals surface area contributed by atoms with Crippen LogP contribution in [0.15, 0.2) is 42.5 Å². The zero-order valence-corrected chi connectivity index (χ0v) is 14.1. The second-order valence-corrected chi connectivity index (χ2v) is 3.29. The van der Waals surface area contributed by atoms with Crippen LogP contribution in [0.4, 0.5) is 8.78 Å². The van der Waals surface area contributed by atoms with Crippen LogP contribution in [0.3, 0.4) is 0 Å². The van der Waals surface area contributed by atoms with E-state index in [1.807, 2.05) is 0 Å². The summed E-state index contributed by atoms with van der Waals surface area (Å²) in [7, 11) is 0. The zero-order valence-electron chi connectivity index (χ0n) is 9.50. The molecule has 0 N–H and O–H groups in total. The molecule has 0 bridgehead atoms. The maximum atomic E-state index is 12.8. The number of halogens is 3. The Morgan fingerprint density at radius 1 is 1.11 bits per heavy atom. The van der Waals surface area contributed by atoms with Gasteiger partial charge in [0.05, 0.1) is 0 Å². The van der Waals surface area contributed by atoms with Gasteiger partial charge in [-0.25, -0.2) is 8.78 Å². The van der Waals surface area contributed by atoms with Crippen molar-refractivity contribution in [3.8, 4) is 5.75 Å². The van der Waals surface area contributed by atoms with Gasteiger partial charge in [0, 0.05) is 11.6 Å². The quantitative estimate of drug-likeness (QED) is 0.586. The Kier molecular flexibility index (Phi) is 7.06. The van der Waals surface area contributed by atoms with E-state index in [9.17, 15) is 8.78 Å². The van der Waals surface area contributed by atoms with Crippen LogP contribution in [0, 0.1) is 17.7 Å². The van der Waals surface area contributed by atoms with E-state index in [4.69, 9.17) is 4.74 Å². The Morgan fingerprint density at radius 3 is 2.50 bits per heavy atom. The van der Waals surface area contributed by atoms with Gasteiger partial charge in [0.25, 0.3) is 0 Å². The standard InChI is InChI=1S/C13H9F2O.BrH.Zn/c14-11-4-1-3-10(7-11)9-16-13-6-2-5-12(15)8-13;;/h1-5,7-8H,9H2;1H;/q-1;;+2/p-1. The van der Waals surface area contributed by atoms with Crippen LogP contribution in [0.5, 0.6) is 5.75 Å². The molecule has 0 saturated carbocycles. The van der Waals surface area contributed by atoms with Crippen LogP contribution < -0.4 is 4.74 Å². The molecule has 0 spiro atoms. The molecule has 0 fully saturated rings. The predicted octanol–water partition coefficient (Wildman–Crippen LogP) is 4.19. The summed E-state index contributed by atoms with van der Waals surface area (Å²) in [4.78, 5) is 0. The third-order valence-corrected chi connectivity index (χ3v) is 2.02. The first kappa shape index (κ1) is 15.3. The SMILES string of the molecule is Fc1cc[c-]c(OCc2cccc(F)c2)c1.[Zn+][Br]. The zero-order chi connectivity index (χ0) is 13.4. The molecule has 0 aliphatic carbocycles. The van der Waals surface area contributed by atoms with Gasteiger partial charge in [-0.2, -0.15) is 6.07 Å². The molecule has 0 aliphatic heterocycles. The first-order valence-electron chi connectivity index (χ1n) is 5.05. The van der Waals surface area contributed by atoms with Gasteiger partial charge < -0.3 is 4.74 Å². The van der Waals surface area contributed by atoms with Gasteiger partial charge in [0.2, 0.25) is 0 Å². The number of hydrogen-bond acceptors (Lipinski definition) is 1. The molecule has 0 unspecified atom stereocenters. The molecule has 1 nitrogen and oxygen atoms in total. The summed E-state index contributed by atoms with van der Waals surface area (Å²) in [6.45, 7) is 0.192. The van der Waals surface area contributed by atoms with Gasteiger partial charge in [-0.15, -0.1) is 12.1 Å². The van der Waals surface area contributed by atoms with Crippen molar-refractivity contribution in [1.29, 1.82) is 0 Å². The molecule has 2 aromatic rings. The molecule has 0 aromatic heterocycles. The monoisotopic (exact) mass is 362 g/mol. The van der Waals surface area contributed by atoms with Crippen LogP contribution in [-0.2, 0) is 22.9 Å². The number of rotatable bonds is 3. The van der Waals surface area contributed by atoms with Crippen LogP contribution in [-0.4, -0.2) is 0 Å². The van der Waals surface area contributed by atoms with Crippen molar-refractivity contribution < 1.29 is 29.9 Å². The Morgan fingerprint density at radius 2 is 1.83 bits per heavy atom. The Labute approximate surface area is 121 Å². The first-order valence-corrected chi connectivity index (χ1v) is 12.0. The van der Waals surface area contributed by atoms with E-state index < -0.39 is 0 Å². The van der Waals surface area contributed by atoms with Gasteiger partial charge >= 0.3 is 30.0 Å². The summed E-state index contributed by atoms with van der Waals surface area (Å²) in [6, 6.07) is 12.8. The molecule has 0 heterocycles. The fourth-order valence-electron chi connectivity index (χ4n) is 1.29. The predicted molar refractivity (Wildman–Crippen MR) is 64.9 cm³/mol. The summed E-state index contributed by atoms with van der Waals surface area (Å²) in [5.41, 5.74) is 0.692. The van der Waals surface area contributed by atoms with E-state index in [1.165, 1.54) is 46.7 Å². The molecule has 0 radical (unpaired) electrons. The first-order chi connectivity index (χ1) is 8.74. The summed E-state index contributed by atoms with van der Waals surface area (Å²) in [6.07, 6.45) is 0. The topological polar surface area (TPSA) is 9.23 Å². The molecule has 5 heteroatoms. The van der Waals surface area contributed by atoms with Gasteiger partial charge in [-0.05, 0) is 17.7 Å². The number of benzene rings is 2. The maximum absolute atomic E-state index is 12.8. The van der Waals surface area contributed by atoms with Crippen LogP contribution in [0.1, 0.15) is 5.56 Å². The minimum absolute atomic E-state index is 0.192. The molecular formula is C13H9BrF2OZn. The van der Waals surface area contributed by atoms with Crippen LogP contribution in [0.25, 0.3) is 0 Å². The molecule has 0 saturated heterocycles. The molecule has 2 aromatic carbocycles. The van der Waals surface area contributed by atoms with Gasteiger partial charge in [-0.3, -0.25) is 0 Å². The second-order valence-electron chi connectivity index (χ2n) is 3.29. The van der Waals surface area contributed by atoms with Crippen molar-refractivity contribution in [2.45, 2.75) is 6.61 Å². The Hall–Kier alpha value is -0.797. The molecule has 2 rings (SSSR count). The van der Waals surface area contributed by atoms with E-state index >= 15 is 0 Å². The van der Waals surface area contributed by atoms with Gasteiger partial charge in [0.15, 0.2) is 0 Å². The minimum atomic E-state index is -0.381. The van der Waals surface area contributed by atoms with E-state index in [0.29, 0.717) is 11.3 Å². The molecule has 90 valence electrons. The summed E-state index contributed by atoms with van der Waals surface area (Å²) in [5, 5.41) is 0. The number of ether oxygens (including phenoxy) is 1. The van der Waals surface area contributed by atoms with E-state index in [1.54, 1.807) is 12.1 Å². The van der Waals surface area contributed by atoms with Gasteiger partial charge in [0.1, 0.15) is 12.4 Å². The molecule has 18 heavy (non-hydrogen) atoms. The van der Waals surface area contributed by atoms with Crippen molar-refractivity contribution in [3.05, 3.63) is 65.7 Å². The van der Waals surface area contributed by atoms with Crippen molar-refractivity contribution in [3.63, 3.8) is 0 Å². The molecular weight excluding hydrogens is 355 g/mol. The summed E-state index contributed by atoms with van der Waals surface area (Å²) in [5.74, 6) is -0.387.